The summed E-state index contributed by atoms with van der Waals surface area (Å²) in [5.41, 5.74) is 6.91. The van der Waals surface area contributed by atoms with Crippen LogP contribution in [0, 0.1) is 6.92 Å². The number of methoxy groups -OCH3 is 1. The number of aromatic amines is 1. The highest BCUT2D eigenvalue weighted by atomic mass is 16.5. The number of nitrogens with zero attached hydrogens (tertiary/aromatic N) is 2. The van der Waals surface area contributed by atoms with Crippen molar-refractivity contribution in [3.05, 3.63) is 59.2 Å². The maximum absolute atomic E-state index is 5.55. The topological polar surface area (TPSA) is 29.9 Å². The van der Waals surface area contributed by atoms with Crippen LogP contribution < -0.4 is 19.5 Å². The van der Waals surface area contributed by atoms with E-state index in [9.17, 15) is 0 Å². The van der Waals surface area contributed by atoms with E-state index in [1.54, 1.807) is 12.7 Å². The van der Waals surface area contributed by atoms with Crippen LogP contribution in [0.4, 0.5) is 11.5 Å². The molecule has 1 aliphatic carbocycles. The van der Waals surface area contributed by atoms with Gasteiger partial charge in [0.15, 0.2) is 0 Å². The number of rotatable bonds is 3. The van der Waals surface area contributed by atoms with Crippen molar-refractivity contribution in [1.82, 2.24) is 0 Å². The highest BCUT2D eigenvalue weighted by molar-refractivity contribution is 5.82. The van der Waals surface area contributed by atoms with Gasteiger partial charge in [0.1, 0.15) is 24.4 Å². The van der Waals surface area contributed by atoms with Crippen molar-refractivity contribution < 1.29 is 9.72 Å². The van der Waals surface area contributed by atoms with Crippen molar-refractivity contribution in [3.63, 3.8) is 0 Å². The van der Waals surface area contributed by atoms with Gasteiger partial charge in [-0.2, -0.15) is 0 Å². The van der Waals surface area contributed by atoms with Gasteiger partial charge in [-0.3, -0.25) is 4.90 Å². The normalized spacial score (nSPS) is 16.5. The molecule has 144 valence electrons. The van der Waals surface area contributed by atoms with Gasteiger partial charge in [0.2, 0.25) is 0 Å². The molecule has 1 aliphatic heterocycles. The summed E-state index contributed by atoms with van der Waals surface area (Å²) in [7, 11) is 1.75. The van der Waals surface area contributed by atoms with Crippen LogP contribution in [0.2, 0.25) is 0 Å². The maximum Gasteiger partial charge on any atom is 0.275 e. The summed E-state index contributed by atoms with van der Waals surface area (Å²) in [6, 6.07) is 15.4. The number of hydrogen-bond donors (Lipinski definition) is 0. The number of ether oxygens (including phenoxy) is 1. The van der Waals surface area contributed by atoms with E-state index in [0.717, 1.165) is 31.9 Å². The molecule has 28 heavy (non-hydrogen) atoms. The number of piperazine rings is 1. The second kappa shape index (κ2) is 7.01. The molecule has 1 fully saturated rings. The Kier molecular flexibility index (Phi) is 4.34. The number of para-hydroxylation sites is 2. The van der Waals surface area contributed by atoms with E-state index >= 15 is 0 Å². The summed E-state index contributed by atoms with van der Waals surface area (Å²) in [6.07, 6.45) is 3.75. The molecule has 3 aromatic rings. The van der Waals surface area contributed by atoms with Crippen LogP contribution in [-0.2, 0) is 12.8 Å². The quantitative estimate of drug-likeness (QED) is 0.699. The molecule has 1 aromatic heterocycles. The fraction of sp³-hybridized carbons (Fsp3) is 0.375. The fourth-order valence-corrected chi connectivity index (χ4v) is 4.76. The number of aryl methyl sites for hydroxylation is 3. The number of H-pyrrole nitrogens is 1. The molecule has 0 spiro atoms. The van der Waals surface area contributed by atoms with Gasteiger partial charge in [0, 0.05) is 11.5 Å². The molecule has 0 radical (unpaired) electrons. The molecule has 0 atom stereocenters. The molecule has 2 aliphatic rings. The minimum absolute atomic E-state index is 0.956. The van der Waals surface area contributed by atoms with Crippen molar-refractivity contribution in [2.45, 2.75) is 26.2 Å². The zero-order valence-corrected chi connectivity index (χ0v) is 16.8. The van der Waals surface area contributed by atoms with Crippen LogP contribution in [-0.4, -0.2) is 33.3 Å². The molecule has 1 saturated heterocycles. The number of hydrogen-bond acceptors (Lipinski definition) is 3. The molecule has 5 rings (SSSR count). The first-order valence-corrected chi connectivity index (χ1v) is 10.3. The van der Waals surface area contributed by atoms with Gasteiger partial charge in [0.05, 0.1) is 25.9 Å². The summed E-state index contributed by atoms with van der Waals surface area (Å²) < 4.78 is 5.55. The first kappa shape index (κ1) is 17.4. The Balaban J connectivity index is 1.39. The zero-order valence-electron chi connectivity index (χ0n) is 16.8. The number of benzene rings is 2. The Bertz CT molecular complexity index is 1020. The summed E-state index contributed by atoms with van der Waals surface area (Å²) in [5.74, 6) is 2.19. The Morgan fingerprint density at radius 1 is 0.893 bits per heavy atom. The Labute approximate surface area is 166 Å². The van der Waals surface area contributed by atoms with Crippen LogP contribution in [0.3, 0.4) is 0 Å². The van der Waals surface area contributed by atoms with Gasteiger partial charge in [-0.05, 0) is 67.1 Å². The zero-order chi connectivity index (χ0) is 19.1. The van der Waals surface area contributed by atoms with Gasteiger partial charge in [-0.1, -0.05) is 12.1 Å². The van der Waals surface area contributed by atoms with Crippen LogP contribution in [0.15, 0.2) is 42.5 Å². The van der Waals surface area contributed by atoms with Crippen molar-refractivity contribution >= 4 is 22.4 Å². The van der Waals surface area contributed by atoms with E-state index in [0.29, 0.717) is 0 Å². The number of aromatic nitrogens is 1. The molecule has 4 nitrogen and oxygen atoms in total. The molecular weight excluding hydrogens is 346 g/mol. The molecule has 0 bridgehead atoms. The number of pyridine rings is 1. The predicted molar refractivity (Wildman–Crippen MR) is 115 cm³/mol. The molecule has 0 saturated carbocycles. The van der Waals surface area contributed by atoms with E-state index in [1.807, 2.05) is 12.1 Å². The lowest BCUT2D eigenvalue weighted by molar-refractivity contribution is -0.330. The molecular formula is C24H28N3O+. The largest absolute Gasteiger partial charge is 0.495 e. The van der Waals surface area contributed by atoms with Crippen molar-refractivity contribution in [2.24, 2.45) is 0 Å². The van der Waals surface area contributed by atoms with E-state index < -0.39 is 0 Å². The van der Waals surface area contributed by atoms with E-state index in [-0.39, 0.29) is 0 Å². The summed E-state index contributed by atoms with van der Waals surface area (Å²) in [4.78, 5) is 8.63. The third kappa shape index (κ3) is 2.97. The fourth-order valence-electron chi connectivity index (χ4n) is 4.76. The SMILES string of the molecule is COc1ccccc1N1CCN(c2cc(C)c3cc4c(cc3[nH+]2)CCC4)CC1. The molecule has 2 heterocycles. The molecule has 2 aromatic carbocycles. The highest BCUT2D eigenvalue weighted by Crippen LogP contribution is 2.30. The van der Waals surface area contributed by atoms with Crippen molar-refractivity contribution in [3.8, 4) is 5.75 Å². The lowest BCUT2D eigenvalue weighted by Crippen LogP contribution is -2.48. The van der Waals surface area contributed by atoms with Gasteiger partial charge >= 0.3 is 0 Å². The summed E-state index contributed by atoms with van der Waals surface area (Å²) >= 11 is 0. The van der Waals surface area contributed by atoms with Crippen LogP contribution in [0.1, 0.15) is 23.1 Å². The average Bonchev–Trinajstić information content (AvgIpc) is 3.20. The van der Waals surface area contributed by atoms with Crippen LogP contribution in [0.25, 0.3) is 10.9 Å². The molecule has 1 N–H and O–H groups in total. The molecule has 0 unspecified atom stereocenters. The first-order valence-electron chi connectivity index (χ1n) is 10.3. The number of anilines is 2. The third-order valence-electron chi connectivity index (χ3n) is 6.32. The first-order chi connectivity index (χ1) is 13.7. The van der Waals surface area contributed by atoms with E-state index in [2.05, 4.69) is 52.0 Å². The standard InChI is InChI=1S/C24H27N3O/c1-17-14-24(25-21-16-19-7-5-6-18(19)15-20(17)21)27-12-10-26(11-13-27)22-8-3-4-9-23(22)28-2/h3-4,8-9,14-16H,5-7,10-13H2,1-2H3/p+1. The predicted octanol–water partition coefficient (Wildman–Crippen LogP) is 3.79. The van der Waals surface area contributed by atoms with E-state index in [1.165, 1.54) is 52.8 Å². The Morgan fingerprint density at radius 2 is 1.61 bits per heavy atom. The highest BCUT2D eigenvalue weighted by Gasteiger charge is 2.26. The third-order valence-corrected chi connectivity index (χ3v) is 6.32. The monoisotopic (exact) mass is 374 g/mol. The van der Waals surface area contributed by atoms with Gasteiger partial charge in [-0.25, -0.2) is 4.98 Å². The Hall–Kier alpha value is -2.75. The minimum atomic E-state index is 0.956. The van der Waals surface area contributed by atoms with Crippen molar-refractivity contribution in [1.29, 1.82) is 0 Å². The summed E-state index contributed by atoms with van der Waals surface area (Å²) in [6.45, 7) is 6.24. The maximum atomic E-state index is 5.55. The van der Waals surface area contributed by atoms with Crippen molar-refractivity contribution in [2.75, 3.05) is 43.1 Å². The smallest absolute Gasteiger partial charge is 0.275 e. The van der Waals surface area contributed by atoms with Gasteiger partial charge < -0.3 is 9.64 Å². The van der Waals surface area contributed by atoms with Gasteiger partial charge in [-0.15, -0.1) is 0 Å². The molecule has 4 heteroatoms. The average molecular weight is 375 g/mol. The second-order valence-electron chi connectivity index (χ2n) is 8.00. The second-order valence-corrected chi connectivity index (χ2v) is 8.00. The lowest BCUT2D eigenvalue weighted by Gasteiger charge is -2.33. The van der Waals surface area contributed by atoms with Crippen LogP contribution in [0.5, 0.6) is 5.75 Å². The minimum Gasteiger partial charge on any atom is -0.495 e. The summed E-state index contributed by atoms with van der Waals surface area (Å²) in [5, 5.41) is 1.37. The van der Waals surface area contributed by atoms with E-state index in [4.69, 9.17) is 4.74 Å². The molecule has 0 amide bonds. The van der Waals surface area contributed by atoms with Crippen LogP contribution >= 0.6 is 0 Å². The van der Waals surface area contributed by atoms with Gasteiger partial charge in [0.25, 0.3) is 5.82 Å². The number of fused-ring (bicyclic) bond motifs is 2. The Morgan fingerprint density at radius 3 is 2.39 bits per heavy atom. The number of nitrogens with one attached hydrogen (secondary N) is 1. The lowest BCUT2D eigenvalue weighted by atomic mass is 10.0.